The minimum absolute atomic E-state index is 0.0417. The predicted octanol–water partition coefficient (Wildman–Crippen LogP) is 2.41. The molecule has 0 aromatic heterocycles. The smallest absolute Gasteiger partial charge is 0.0198 e. The monoisotopic (exact) mass is 143 g/mol. The first-order valence-electron chi connectivity index (χ1n) is 4.24. The Morgan fingerprint density at radius 3 is 1.40 bits per heavy atom. The topological polar surface area (TPSA) is 26.0 Å². The van der Waals surface area contributed by atoms with Crippen molar-refractivity contribution in [3.63, 3.8) is 0 Å². The Morgan fingerprint density at radius 1 is 1.10 bits per heavy atom. The molecule has 1 heteroatoms. The van der Waals surface area contributed by atoms with E-state index >= 15 is 0 Å². The van der Waals surface area contributed by atoms with Gasteiger partial charge in [0.05, 0.1) is 0 Å². The van der Waals surface area contributed by atoms with E-state index in [1.807, 2.05) is 0 Å². The quantitative estimate of drug-likeness (QED) is 0.645. The van der Waals surface area contributed by atoms with Gasteiger partial charge in [0.1, 0.15) is 0 Å². The van der Waals surface area contributed by atoms with E-state index in [9.17, 15) is 0 Å². The normalized spacial score (nSPS) is 13.2. The molecule has 62 valence electrons. The molecule has 0 aliphatic rings. The standard InChI is InChI=1S/C9H21N/c1-6-9(10,7(2)3)8(4)5/h7-8H,6,10H2,1-5H3. The van der Waals surface area contributed by atoms with Crippen molar-refractivity contribution < 1.29 is 0 Å². The van der Waals surface area contributed by atoms with Crippen LogP contribution < -0.4 is 5.73 Å². The molecular formula is C9H21N. The fourth-order valence-electron chi connectivity index (χ4n) is 1.48. The molecule has 0 bridgehead atoms. The van der Waals surface area contributed by atoms with Gasteiger partial charge in [-0.2, -0.15) is 0 Å². The maximum atomic E-state index is 6.18. The first-order chi connectivity index (χ1) is 4.45. The van der Waals surface area contributed by atoms with Crippen molar-refractivity contribution in [1.29, 1.82) is 0 Å². The highest BCUT2D eigenvalue weighted by Crippen LogP contribution is 2.26. The summed E-state index contributed by atoms with van der Waals surface area (Å²) in [6.45, 7) is 11.0. The van der Waals surface area contributed by atoms with Crippen molar-refractivity contribution in [3.05, 3.63) is 0 Å². The third kappa shape index (κ3) is 1.72. The van der Waals surface area contributed by atoms with Crippen LogP contribution in [0.5, 0.6) is 0 Å². The van der Waals surface area contributed by atoms with Crippen LogP contribution in [0, 0.1) is 11.8 Å². The fourth-order valence-corrected chi connectivity index (χ4v) is 1.48. The lowest BCUT2D eigenvalue weighted by Crippen LogP contribution is -2.49. The minimum Gasteiger partial charge on any atom is -0.325 e. The molecule has 2 N–H and O–H groups in total. The first-order valence-corrected chi connectivity index (χ1v) is 4.24. The molecule has 0 unspecified atom stereocenters. The van der Waals surface area contributed by atoms with Gasteiger partial charge in [-0.05, 0) is 18.3 Å². The fraction of sp³-hybridized carbons (Fsp3) is 1.00. The number of hydrogen-bond donors (Lipinski definition) is 1. The van der Waals surface area contributed by atoms with Gasteiger partial charge in [0.25, 0.3) is 0 Å². The highest BCUT2D eigenvalue weighted by Gasteiger charge is 2.29. The van der Waals surface area contributed by atoms with Crippen molar-refractivity contribution in [3.8, 4) is 0 Å². The molecule has 0 aliphatic carbocycles. The van der Waals surface area contributed by atoms with Crippen LogP contribution in [0.25, 0.3) is 0 Å². The van der Waals surface area contributed by atoms with Crippen LogP contribution in [0.1, 0.15) is 41.0 Å². The largest absolute Gasteiger partial charge is 0.325 e. The van der Waals surface area contributed by atoms with Gasteiger partial charge < -0.3 is 5.73 Å². The highest BCUT2D eigenvalue weighted by atomic mass is 14.8. The molecular weight excluding hydrogens is 122 g/mol. The molecule has 0 heterocycles. The van der Waals surface area contributed by atoms with E-state index in [4.69, 9.17) is 5.73 Å². The molecule has 1 nitrogen and oxygen atoms in total. The van der Waals surface area contributed by atoms with Crippen LogP contribution >= 0.6 is 0 Å². The van der Waals surface area contributed by atoms with E-state index in [0.29, 0.717) is 11.8 Å². The van der Waals surface area contributed by atoms with Crippen LogP contribution in [-0.4, -0.2) is 5.54 Å². The summed E-state index contributed by atoms with van der Waals surface area (Å²) in [6.07, 6.45) is 1.07. The molecule has 0 spiro atoms. The summed E-state index contributed by atoms with van der Waals surface area (Å²) in [4.78, 5) is 0. The molecule has 0 aliphatic heterocycles. The van der Waals surface area contributed by atoms with Gasteiger partial charge in [0.15, 0.2) is 0 Å². The SMILES string of the molecule is CCC(N)(C(C)C)C(C)C. The van der Waals surface area contributed by atoms with Gasteiger partial charge in [-0.25, -0.2) is 0 Å². The van der Waals surface area contributed by atoms with E-state index in [-0.39, 0.29) is 5.54 Å². The lowest BCUT2D eigenvalue weighted by Gasteiger charge is -2.36. The van der Waals surface area contributed by atoms with Gasteiger partial charge in [-0.3, -0.25) is 0 Å². The first kappa shape index (κ1) is 9.96. The van der Waals surface area contributed by atoms with Crippen molar-refractivity contribution in [2.45, 2.75) is 46.6 Å². The van der Waals surface area contributed by atoms with Gasteiger partial charge in [0, 0.05) is 5.54 Å². The summed E-state index contributed by atoms with van der Waals surface area (Å²) in [5, 5.41) is 0. The maximum Gasteiger partial charge on any atom is 0.0198 e. The van der Waals surface area contributed by atoms with Gasteiger partial charge in [-0.1, -0.05) is 34.6 Å². The molecule has 0 saturated heterocycles. The van der Waals surface area contributed by atoms with Crippen LogP contribution in [0.3, 0.4) is 0 Å². The Hall–Kier alpha value is -0.0400. The molecule has 0 amide bonds. The molecule has 0 aromatic rings. The minimum atomic E-state index is 0.0417. The molecule has 0 atom stereocenters. The summed E-state index contributed by atoms with van der Waals surface area (Å²) in [5.74, 6) is 1.16. The third-order valence-electron chi connectivity index (χ3n) is 2.76. The summed E-state index contributed by atoms with van der Waals surface area (Å²) in [6, 6.07) is 0. The van der Waals surface area contributed by atoms with Crippen LogP contribution in [0.2, 0.25) is 0 Å². The van der Waals surface area contributed by atoms with Gasteiger partial charge in [-0.15, -0.1) is 0 Å². The van der Waals surface area contributed by atoms with E-state index in [2.05, 4.69) is 34.6 Å². The van der Waals surface area contributed by atoms with E-state index in [1.54, 1.807) is 0 Å². The molecule has 0 saturated carbocycles. The van der Waals surface area contributed by atoms with Crippen molar-refractivity contribution in [1.82, 2.24) is 0 Å². The Morgan fingerprint density at radius 2 is 1.40 bits per heavy atom. The number of hydrogen-bond acceptors (Lipinski definition) is 1. The van der Waals surface area contributed by atoms with Crippen LogP contribution in [0.15, 0.2) is 0 Å². The Bertz CT molecular complexity index is 86.9. The van der Waals surface area contributed by atoms with Crippen molar-refractivity contribution in [2.24, 2.45) is 17.6 Å². The average Bonchev–Trinajstić information content (AvgIpc) is 1.85. The summed E-state index contributed by atoms with van der Waals surface area (Å²) in [5.41, 5.74) is 6.22. The van der Waals surface area contributed by atoms with Crippen LogP contribution in [0.4, 0.5) is 0 Å². The van der Waals surface area contributed by atoms with Gasteiger partial charge in [0.2, 0.25) is 0 Å². The predicted molar refractivity (Wildman–Crippen MR) is 46.9 cm³/mol. The van der Waals surface area contributed by atoms with E-state index < -0.39 is 0 Å². The highest BCUT2D eigenvalue weighted by molar-refractivity contribution is 4.88. The Kier molecular flexibility index (Phi) is 3.37. The lowest BCUT2D eigenvalue weighted by atomic mass is 9.76. The molecule has 0 aromatic carbocycles. The van der Waals surface area contributed by atoms with Crippen LogP contribution in [-0.2, 0) is 0 Å². The third-order valence-corrected chi connectivity index (χ3v) is 2.76. The Balaban J connectivity index is 4.23. The zero-order valence-corrected chi connectivity index (χ0v) is 7.94. The summed E-state index contributed by atoms with van der Waals surface area (Å²) in [7, 11) is 0. The molecule has 10 heavy (non-hydrogen) atoms. The Labute approximate surface area is 65.0 Å². The summed E-state index contributed by atoms with van der Waals surface area (Å²) < 4.78 is 0. The molecule has 0 fully saturated rings. The zero-order chi connectivity index (χ0) is 8.36. The zero-order valence-electron chi connectivity index (χ0n) is 7.94. The molecule has 0 radical (unpaired) electrons. The summed E-state index contributed by atoms with van der Waals surface area (Å²) >= 11 is 0. The lowest BCUT2D eigenvalue weighted by molar-refractivity contribution is 0.216. The molecule has 0 rings (SSSR count). The van der Waals surface area contributed by atoms with E-state index in [0.717, 1.165) is 6.42 Å². The second-order valence-corrected chi connectivity index (χ2v) is 3.78. The maximum absolute atomic E-state index is 6.18. The van der Waals surface area contributed by atoms with Gasteiger partial charge >= 0.3 is 0 Å². The number of rotatable bonds is 3. The second-order valence-electron chi connectivity index (χ2n) is 3.78. The average molecular weight is 143 g/mol. The van der Waals surface area contributed by atoms with Crippen molar-refractivity contribution >= 4 is 0 Å². The number of nitrogens with two attached hydrogens (primary N) is 1. The van der Waals surface area contributed by atoms with Crippen molar-refractivity contribution in [2.75, 3.05) is 0 Å². The van der Waals surface area contributed by atoms with E-state index in [1.165, 1.54) is 0 Å². The second kappa shape index (κ2) is 3.38.